The Morgan fingerprint density at radius 1 is 1.36 bits per heavy atom. The molecule has 0 spiro atoms. The number of rotatable bonds is 1. The Balaban J connectivity index is 2.04. The Morgan fingerprint density at radius 2 is 2.07 bits per heavy atom. The monoisotopic (exact) mass is 207 g/mol. The molecule has 1 heterocycles. The lowest BCUT2D eigenvalue weighted by Crippen LogP contribution is -2.27. The van der Waals surface area contributed by atoms with E-state index in [2.05, 4.69) is 5.32 Å². The second-order valence-electron chi connectivity index (χ2n) is 4.09. The van der Waals surface area contributed by atoms with Crippen molar-refractivity contribution in [3.05, 3.63) is 34.9 Å². The zero-order valence-corrected chi connectivity index (χ0v) is 8.34. The quantitative estimate of drug-likeness (QED) is 0.747. The van der Waals surface area contributed by atoms with E-state index in [1.165, 1.54) is 0 Å². The molecule has 1 aromatic carbocycles. The number of piperidine rings is 1. The summed E-state index contributed by atoms with van der Waals surface area (Å²) in [7, 11) is 0. The van der Waals surface area contributed by atoms with Gasteiger partial charge in [-0.05, 0) is 30.0 Å². The Kier molecular flexibility index (Phi) is 1.49. The second kappa shape index (κ2) is 2.51. The topological polar surface area (TPSA) is 29.1 Å². The fourth-order valence-corrected chi connectivity index (χ4v) is 2.59. The van der Waals surface area contributed by atoms with Crippen molar-refractivity contribution in [1.29, 1.82) is 0 Å². The van der Waals surface area contributed by atoms with Crippen LogP contribution in [0.25, 0.3) is 0 Å². The molecule has 2 unspecified atom stereocenters. The highest BCUT2D eigenvalue weighted by atomic mass is 35.5. The maximum Gasteiger partial charge on any atom is 0.231 e. The van der Waals surface area contributed by atoms with Gasteiger partial charge in [0.2, 0.25) is 5.91 Å². The maximum absolute atomic E-state index is 11.7. The van der Waals surface area contributed by atoms with E-state index < -0.39 is 0 Å². The van der Waals surface area contributed by atoms with Crippen molar-refractivity contribution in [1.82, 2.24) is 5.32 Å². The van der Waals surface area contributed by atoms with Crippen LogP contribution >= 0.6 is 11.6 Å². The van der Waals surface area contributed by atoms with Crippen LogP contribution in [0.5, 0.6) is 0 Å². The fourth-order valence-electron chi connectivity index (χ4n) is 2.46. The van der Waals surface area contributed by atoms with Crippen LogP contribution in [0.4, 0.5) is 0 Å². The normalized spacial score (nSPS) is 33.8. The summed E-state index contributed by atoms with van der Waals surface area (Å²) in [6.07, 6.45) is 1.00. The summed E-state index contributed by atoms with van der Waals surface area (Å²) in [5.41, 5.74) is 0.909. The summed E-state index contributed by atoms with van der Waals surface area (Å²) in [5.74, 6) is 0.695. The first-order valence-electron chi connectivity index (χ1n) is 4.78. The number of halogens is 1. The van der Waals surface area contributed by atoms with E-state index in [-0.39, 0.29) is 11.3 Å². The van der Waals surface area contributed by atoms with Crippen LogP contribution in [0.1, 0.15) is 12.0 Å². The molecule has 1 amide bonds. The second-order valence-corrected chi connectivity index (χ2v) is 4.53. The molecule has 14 heavy (non-hydrogen) atoms. The Bertz CT molecular complexity index is 400. The van der Waals surface area contributed by atoms with Gasteiger partial charge in [0, 0.05) is 11.6 Å². The van der Waals surface area contributed by atoms with Crippen molar-refractivity contribution in [3.63, 3.8) is 0 Å². The summed E-state index contributed by atoms with van der Waals surface area (Å²) < 4.78 is 0. The van der Waals surface area contributed by atoms with Gasteiger partial charge in [0.1, 0.15) is 0 Å². The molecule has 1 saturated heterocycles. The summed E-state index contributed by atoms with van der Waals surface area (Å²) in [4.78, 5) is 11.7. The average Bonchev–Trinajstić information content (AvgIpc) is 2.84. The van der Waals surface area contributed by atoms with Crippen molar-refractivity contribution in [3.8, 4) is 0 Å². The zero-order valence-electron chi connectivity index (χ0n) is 7.59. The Hall–Kier alpha value is -1.02. The van der Waals surface area contributed by atoms with E-state index in [0.717, 1.165) is 23.6 Å². The molecule has 0 aromatic heterocycles. The third-order valence-corrected chi connectivity index (χ3v) is 3.63. The van der Waals surface area contributed by atoms with E-state index in [1.54, 1.807) is 0 Å². The summed E-state index contributed by atoms with van der Waals surface area (Å²) in [5, 5.41) is 3.62. The molecule has 1 aromatic rings. The van der Waals surface area contributed by atoms with Crippen LogP contribution in [0.2, 0.25) is 5.02 Å². The predicted molar refractivity (Wildman–Crippen MR) is 54.2 cm³/mol. The number of nitrogens with one attached hydrogen (secondary N) is 1. The van der Waals surface area contributed by atoms with Gasteiger partial charge in [-0.3, -0.25) is 4.79 Å². The number of fused-ring (bicyclic) bond motifs is 1. The smallest absolute Gasteiger partial charge is 0.231 e. The Labute approximate surface area is 87.3 Å². The van der Waals surface area contributed by atoms with Gasteiger partial charge in [0.15, 0.2) is 0 Å². The van der Waals surface area contributed by atoms with Crippen molar-refractivity contribution < 1.29 is 4.79 Å². The van der Waals surface area contributed by atoms with E-state index in [0.29, 0.717) is 5.92 Å². The summed E-state index contributed by atoms with van der Waals surface area (Å²) in [6, 6.07) is 7.64. The first-order chi connectivity index (χ1) is 6.73. The molecule has 2 aliphatic rings. The van der Waals surface area contributed by atoms with Gasteiger partial charge in [-0.25, -0.2) is 0 Å². The summed E-state index contributed by atoms with van der Waals surface area (Å²) in [6.45, 7) is 0.835. The molecular formula is C11H10ClNO. The highest BCUT2D eigenvalue weighted by Crippen LogP contribution is 2.57. The molecule has 0 radical (unpaired) electrons. The van der Waals surface area contributed by atoms with Gasteiger partial charge < -0.3 is 5.32 Å². The number of carbonyl (C=O) groups is 1. The Morgan fingerprint density at radius 3 is 2.57 bits per heavy atom. The number of hydrogen-bond donors (Lipinski definition) is 1. The van der Waals surface area contributed by atoms with Crippen molar-refractivity contribution in [2.45, 2.75) is 11.8 Å². The van der Waals surface area contributed by atoms with Gasteiger partial charge in [-0.2, -0.15) is 0 Å². The molecule has 3 rings (SSSR count). The van der Waals surface area contributed by atoms with Crippen LogP contribution < -0.4 is 5.32 Å². The van der Waals surface area contributed by atoms with Crippen LogP contribution in [0, 0.1) is 5.92 Å². The third-order valence-electron chi connectivity index (χ3n) is 3.38. The molecule has 0 bridgehead atoms. The van der Waals surface area contributed by atoms with Crippen LogP contribution in [0.15, 0.2) is 24.3 Å². The highest BCUT2D eigenvalue weighted by Gasteiger charge is 2.64. The van der Waals surface area contributed by atoms with Gasteiger partial charge in [-0.1, -0.05) is 23.7 Å². The molecule has 2 atom stereocenters. The molecule has 3 heteroatoms. The van der Waals surface area contributed by atoms with Crippen molar-refractivity contribution in [2.24, 2.45) is 5.92 Å². The van der Waals surface area contributed by atoms with Gasteiger partial charge in [0.05, 0.1) is 5.41 Å². The van der Waals surface area contributed by atoms with E-state index in [9.17, 15) is 4.79 Å². The number of hydrogen-bond acceptors (Lipinski definition) is 1. The average molecular weight is 208 g/mol. The molecule has 1 saturated carbocycles. The lowest BCUT2D eigenvalue weighted by Gasteiger charge is -2.10. The van der Waals surface area contributed by atoms with Crippen LogP contribution in [-0.4, -0.2) is 12.5 Å². The van der Waals surface area contributed by atoms with E-state index in [4.69, 9.17) is 11.6 Å². The maximum atomic E-state index is 11.7. The first kappa shape index (κ1) is 8.30. The number of carbonyl (C=O) groups excluding carboxylic acids is 1. The molecule has 1 aliphatic heterocycles. The lowest BCUT2D eigenvalue weighted by atomic mass is 9.94. The highest BCUT2D eigenvalue weighted by molar-refractivity contribution is 6.30. The largest absolute Gasteiger partial charge is 0.355 e. The molecule has 1 aliphatic carbocycles. The minimum Gasteiger partial charge on any atom is -0.355 e. The van der Waals surface area contributed by atoms with Gasteiger partial charge in [0.25, 0.3) is 0 Å². The third kappa shape index (κ3) is 0.894. The standard InChI is InChI=1S/C11H10ClNO/c12-9-3-1-7(2-4-9)11-5-8(11)6-13-10(11)14/h1-4,8H,5-6H2,(H,13,14). The SMILES string of the molecule is O=C1NCC2CC12c1ccc(Cl)cc1. The fraction of sp³-hybridized carbons (Fsp3) is 0.364. The van der Waals surface area contributed by atoms with Crippen molar-refractivity contribution >= 4 is 17.5 Å². The van der Waals surface area contributed by atoms with Crippen LogP contribution in [0.3, 0.4) is 0 Å². The number of benzene rings is 1. The van der Waals surface area contributed by atoms with E-state index >= 15 is 0 Å². The van der Waals surface area contributed by atoms with E-state index in [1.807, 2.05) is 24.3 Å². The minimum atomic E-state index is -0.204. The van der Waals surface area contributed by atoms with Gasteiger partial charge in [-0.15, -0.1) is 0 Å². The zero-order chi connectivity index (χ0) is 9.76. The van der Waals surface area contributed by atoms with Crippen molar-refractivity contribution in [2.75, 3.05) is 6.54 Å². The first-order valence-corrected chi connectivity index (χ1v) is 5.15. The predicted octanol–water partition coefficient (Wildman–Crippen LogP) is 1.73. The molecular weight excluding hydrogens is 198 g/mol. The minimum absolute atomic E-state index is 0.185. The summed E-state index contributed by atoms with van der Waals surface area (Å²) >= 11 is 5.81. The van der Waals surface area contributed by atoms with Gasteiger partial charge >= 0.3 is 0 Å². The molecule has 72 valence electrons. The number of amides is 1. The molecule has 2 nitrogen and oxygen atoms in total. The van der Waals surface area contributed by atoms with Crippen LogP contribution in [-0.2, 0) is 10.2 Å². The molecule has 2 fully saturated rings. The molecule has 1 N–H and O–H groups in total. The lowest BCUT2D eigenvalue weighted by molar-refractivity contribution is -0.122.